The van der Waals surface area contributed by atoms with E-state index in [0.29, 0.717) is 6.04 Å². The first kappa shape index (κ1) is 23.8. The molecule has 0 aliphatic carbocycles. The van der Waals surface area contributed by atoms with Crippen molar-refractivity contribution >= 4 is 28.2 Å². The number of hydrogen-bond acceptors (Lipinski definition) is 4. The van der Waals surface area contributed by atoms with Crippen LogP contribution in [0.25, 0.3) is 10.9 Å². The van der Waals surface area contributed by atoms with Gasteiger partial charge in [0.2, 0.25) is 0 Å². The summed E-state index contributed by atoms with van der Waals surface area (Å²) in [6.45, 7) is 6.51. The Bertz CT molecular complexity index is 1180. The standard InChI is InChI=1S/C30H33ClN4/c31-26-13-14-27-28(15-17-33-29(27)23-26)32-16-7-18-34-19-8-20-35(22-21-34)30(24-9-3-1-4-10-24)25-11-5-2-6-12-25/h1-6,9-15,17,23,30H,7-8,16,18-22H2,(H,32,33). The second kappa shape index (κ2) is 11.7. The Kier molecular flexibility index (Phi) is 7.94. The van der Waals surface area contributed by atoms with E-state index in [9.17, 15) is 0 Å². The largest absolute Gasteiger partial charge is 0.384 e. The lowest BCUT2D eigenvalue weighted by Crippen LogP contribution is -2.34. The van der Waals surface area contributed by atoms with Crippen molar-refractivity contribution in [1.29, 1.82) is 0 Å². The third-order valence-corrected chi connectivity index (χ3v) is 7.13. The van der Waals surface area contributed by atoms with Crippen LogP contribution in [0.5, 0.6) is 0 Å². The molecule has 0 atom stereocenters. The number of rotatable bonds is 8. The van der Waals surface area contributed by atoms with E-state index < -0.39 is 0 Å². The predicted molar refractivity (Wildman–Crippen MR) is 147 cm³/mol. The summed E-state index contributed by atoms with van der Waals surface area (Å²) < 4.78 is 0. The highest BCUT2D eigenvalue weighted by molar-refractivity contribution is 6.31. The molecule has 4 nitrogen and oxygen atoms in total. The Morgan fingerprint density at radius 2 is 1.57 bits per heavy atom. The van der Waals surface area contributed by atoms with Crippen molar-refractivity contribution < 1.29 is 0 Å². The van der Waals surface area contributed by atoms with Gasteiger partial charge in [-0.1, -0.05) is 72.3 Å². The maximum absolute atomic E-state index is 6.13. The molecule has 35 heavy (non-hydrogen) atoms. The van der Waals surface area contributed by atoms with E-state index in [2.05, 4.69) is 80.8 Å². The summed E-state index contributed by atoms with van der Waals surface area (Å²) in [5.74, 6) is 0. The molecule has 1 aromatic heterocycles. The van der Waals surface area contributed by atoms with Crippen LogP contribution in [0.1, 0.15) is 30.0 Å². The molecule has 0 radical (unpaired) electrons. The third-order valence-electron chi connectivity index (χ3n) is 6.89. The van der Waals surface area contributed by atoms with Crippen LogP contribution in [0.15, 0.2) is 91.1 Å². The van der Waals surface area contributed by atoms with Crippen molar-refractivity contribution in [3.05, 3.63) is 107 Å². The summed E-state index contributed by atoms with van der Waals surface area (Å²) in [5.41, 5.74) is 4.81. The molecule has 0 bridgehead atoms. The van der Waals surface area contributed by atoms with Gasteiger partial charge in [0.05, 0.1) is 11.6 Å². The van der Waals surface area contributed by atoms with Crippen molar-refractivity contribution in [1.82, 2.24) is 14.8 Å². The lowest BCUT2D eigenvalue weighted by molar-refractivity contribution is 0.223. The lowest BCUT2D eigenvalue weighted by Gasteiger charge is -2.31. The Balaban J connectivity index is 1.17. The zero-order chi connectivity index (χ0) is 23.9. The maximum Gasteiger partial charge on any atom is 0.0737 e. The molecule has 3 aromatic carbocycles. The normalized spacial score (nSPS) is 15.4. The summed E-state index contributed by atoms with van der Waals surface area (Å²) in [7, 11) is 0. The van der Waals surface area contributed by atoms with Gasteiger partial charge in [-0.2, -0.15) is 0 Å². The predicted octanol–water partition coefficient (Wildman–Crippen LogP) is 6.49. The molecular formula is C30H33ClN4. The minimum Gasteiger partial charge on any atom is -0.384 e. The smallest absolute Gasteiger partial charge is 0.0737 e. The first-order chi connectivity index (χ1) is 17.3. The van der Waals surface area contributed by atoms with E-state index in [1.54, 1.807) is 0 Å². The van der Waals surface area contributed by atoms with Gasteiger partial charge in [0.25, 0.3) is 0 Å². The minimum atomic E-state index is 0.312. The minimum absolute atomic E-state index is 0.312. The van der Waals surface area contributed by atoms with Gasteiger partial charge in [0.1, 0.15) is 0 Å². The highest BCUT2D eigenvalue weighted by Gasteiger charge is 2.24. The molecule has 1 aliphatic rings. The molecule has 0 spiro atoms. The molecule has 5 heteroatoms. The second-order valence-corrected chi connectivity index (χ2v) is 9.69. The lowest BCUT2D eigenvalue weighted by atomic mass is 9.97. The Morgan fingerprint density at radius 3 is 2.31 bits per heavy atom. The fraction of sp³-hybridized carbons (Fsp3) is 0.300. The van der Waals surface area contributed by atoms with Crippen LogP contribution in [0.2, 0.25) is 5.02 Å². The SMILES string of the molecule is Clc1ccc2c(NCCCN3CCCN(C(c4ccccc4)c4ccccc4)CC3)ccnc2c1. The van der Waals surface area contributed by atoms with Crippen LogP contribution in [0, 0.1) is 0 Å². The average Bonchev–Trinajstić information content (AvgIpc) is 3.13. The van der Waals surface area contributed by atoms with Crippen LogP contribution in [0.4, 0.5) is 5.69 Å². The van der Waals surface area contributed by atoms with Gasteiger partial charge in [-0.3, -0.25) is 9.88 Å². The zero-order valence-corrected chi connectivity index (χ0v) is 20.9. The number of halogens is 1. The van der Waals surface area contributed by atoms with E-state index in [4.69, 9.17) is 11.6 Å². The summed E-state index contributed by atoms with van der Waals surface area (Å²) in [6.07, 6.45) is 4.15. The van der Waals surface area contributed by atoms with Gasteiger partial charge in [-0.05, 0) is 61.3 Å². The van der Waals surface area contributed by atoms with Gasteiger partial charge in [-0.25, -0.2) is 0 Å². The number of aromatic nitrogens is 1. The Morgan fingerprint density at radius 1 is 0.829 bits per heavy atom. The maximum atomic E-state index is 6.13. The van der Waals surface area contributed by atoms with Crippen LogP contribution < -0.4 is 5.32 Å². The Hall–Kier alpha value is -2.92. The molecule has 1 fully saturated rings. The van der Waals surface area contributed by atoms with Crippen LogP contribution in [0.3, 0.4) is 0 Å². The monoisotopic (exact) mass is 484 g/mol. The summed E-state index contributed by atoms with van der Waals surface area (Å²) in [6, 6.07) is 30.2. The van der Waals surface area contributed by atoms with Crippen LogP contribution >= 0.6 is 11.6 Å². The van der Waals surface area contributed by atoms with E-state index in [1.807, 2.05) is 30.5 Å². The molecule has 0 saturated carbocycles. The number of nitrogens with one attached hydrogen (secondary N) is 1. The fourth-order valence-corrected chi connectivity index (χ4v) is 5.32. The van der Waals surface area contributed by atoms with E-state index >= 15 is 0 Å². The zero-order valence-electron chi connectivity index (χ0n) is 20.1. The number of nitrogens with zero attached hydrogens (tertiary/aromatic N) is 3. The quantitative estimate of drug-likeness (QED) is 0.290. The Labute approximate surface area is 213 Å². The van der Waals surface area contributed by atoms with E-state index in [-0.39, 0.29) is 0 Å². The van der Waals surface area contributed by atoms with Gasteiger partial charge >= 0.3 is 0 Å². The summed E-state index contributed by atoms with van der Waals surface area (Å²) >= 11 is 6.13. The number of pyridine rings is 1. The van der Waals surface area contributed by atoms with Gasteiger partial charge in [-0.15, -0.1) is 0 Å². The van der Waals surface area contributed by atoms with Crippen molar-refractivity contribution in [3.8, 4) is 0 Å². The number of fused-ring (bicyclic) bond motifs is 1. The fourth-order valence-electron chi connectivity index (χ4n) is 5.16. The molecule has 1 N–H and O–H groups in total. The third kappa shape index (κ3) is 6.02. The molecule has 4 aromatic rings. The van der Waals surface area contributed by atoms with Crippen LogP contribution in [-0.2, 0) is 0 Å². The highest BCUT2D eigenvalue weighted by atomic mass is 35.5. The molecule has 0 unspecified atom stereocenters. The number of benzene rings is 3. The first-order valence-electron chi connectivity index (χ1n) is 12.6. The molecule has 2 heterocycles. The van der Waals surface area contributed by atoms with Crippen molar-refractivity contribution in [2.75, 3.05) is 44.6 Å². The topological polar surface area (TPSA) is 31.4 Å². The molecule has 180 valence electrons. The number of hydrogen-bond donors (Lipinski definition) is 1. The first-order valence-corrected chi connectivity index (χ1v) is 13.0. The summed E-state index contributed by atoms with van der Waals surface area (Å²) in [4.78, 5) is 9.73. The number of anilines is 1. The van der Waals surface area contributed by atoms with E-state index in [0.717, 1.165) is 67.3 Å². The average molecular weight is 485 g/mol. The second-order valence-electron chi connectivity index (χ2n) is 9.26. The summed E-state index contributed by atoms with van der Waals surface area (Å²) in [5, 5.41) is 5.45. The van der Waals surface area contributed by atoms with Crippen molar-refractivity contribution in [2.45, 2.75) is 18.9 Å². The molecule has 5 rings (SSSR count). The molecule has 1 saturated heterocycles. The van der Waals surface area contributed by atoms with Crippen LogP contribution in [-0.4, -0.2) is 54.1 Å². The van der Waals surface area contributed by atoms with E-state index in [1.165, 1.54) is 17.5 Å². The van der Waals surface area contributed by atoms with Crippen molar-refractivity contribution in [3.63, 3.8) is 0 Å². The molecule has 0 amide bonds. The van der Waals surface area contributed by atoms with Crippen molar-refractivity contribution in [2.24, 2.45) is 0 Å². The van der Waals surface area contributed by atoms with Gasteiger partial charge in [0.15, 0.2) is 0 Å². The van der Waals surface area contributed by atoms with Gasteiger partial charge < -0.3 is 10.2 Å². The molecule has 1 aliphatic heterocycles. The highest BCUT2D eigenvalue weighted by Crippen LogP contribution is 2.29. The van der Waals surface area contributed by atoms with Gasteiger partial charge in [0, 0.05) is 48.5 Å². The molecular weight excluding hydrogens is 452 g/mol.